The summed E-state index contributed by atoms with van der Waals surface area (Å²) >= 11 is 22.2. The number of nitrogens with zero attached hydrogens (tertiary/aromatic N) is 6. The average Bonchev–Trinajstić information content (AvgIpc) is 2.39. The monoisotopic (exact) mass is 376 g/mol. The Hall–Kier alpha value is -0.240. The van der Waals surface area contributed by atoms with Crippen molar-refractivity contribution >= 4 is 71.1 Å². The molecule has 0 aromatic carbocycles. The molecule has 12 heteroatoms. The molecule has 1 aliphatic heterocycles. The van der Waals surface area contributed by atoms with Crippen molar-refractivity contribution in [1.82, 2.24) is 19.9 Å². The molecule has 104 valence electrons. The minimum atomic E-state index is -2.58. The summed E-state index contributed by atoms with van der Waals surface area (Å²) in [6, 6.07) is 3.42. The van der Waals surface area contributed by atoms with Crippen LogP contribution >= 0.6 is 11.1 Å². The molecule has 0 radical (unpaired) electrons. The van der Waals surface area contributed by atoms with Crippen LogP contribution in [0.15, 0.2) is 36.9 Å². The first-order chi connectivity index (χ1) is 9.45. The third-order valence-corrected chi connectivity index (χ3v) is 15.0. The SMILES string of the molecule is S=P1([S-])N(c2ncccn2)P(=S)([S-])N1c1ncccn1. The highest BCUT2D eigenvalue weighted by Gasteiger charge is 2.44. The fourth-order valence-corrected chi connectivity index (χ4v) is 18.7. The van der Waals surface area contributed by atoms with Crippen LogP contribution in [0.1, 0.15) is 0 Å². The molecule has 2 aromatic heterocycles. The van der Waals surface area contributed by atoms with Crippen LogP contribution in [-0.2, 0) is 48.1 Å². The standard InChI is InChI=1S/C8H8N6P2S4/c17-15(18)13(7-9-3-1-4-10-7)16(19,20)14(15)8-11-5-2-6-12-8/h1-6H,(H,17,18)(H,19,20)/p-2. The lowest BCUT2D eigenvalue weighted by Gasteiger charge is -2.70. The second kappa shape index (κ2) is 5.19. The molecule has 0 aliphatic carbocycles. The summed E-state index contributed by atoms with van der Waals surface area (Å²) in [5.41, 5.74) is -5.15. The Morgan fingerprint density at radius 2 is 1.05 bits per heavy atom. The van der Waals surface area contributed by atoms with Crippen molar-refractivity contribution in [2.45, 2.75) is 0 Å². The molecule has 0 atom stereocenters. The molecule has 1 aliphatic rings. The largest absolute Gasteiger partial charge is 0.704 e. The quantitative estimate of drug-likeness (QED) is 0.575. The second-order valence-electron chi connectivity index (χ2n) is 3.66. The van der Waals surface area contributed by atoms with Gasteiger partial charge in [-0.15, -0.1) is 0 Å². The van der Waals surface area contributed by atoms with E-state index in [1.54, 1.807) is 45.8 Å². The molecule has 0 unspecified atom stereocenters. The summed E-state index contributed by atoms with van der Waals surface area (Å²) in [6.07, 6.45) is 6.44. The van der Waals surface area contributed by atoms with Gasteiger partial charge in [-0.3, -0.25) is 8.88 Å². The lowest BCUT2D eigenvalue weighted by atomic mass is 10.7. The summed E-state index contributed by atoms with van der Waals surface area (Å²) < 4.78 is 3.32. The molecule has 0 saturated carbocycles. The van der Waals surface area contributed by atoms with Crippen molar-refractivity contribution in [3.05, 3.63) is 36.9 Å². The van der Waals surface area contributed by atoms with Gasteiger partial charge in [0, 0.05) is 35.9 Å². The maximum atomic E-state index is 5.54. The molecule has 2 aromatic rings. The summed E-state index contributed by atoms with van der Waals surface area (Å²) in [6.45, 7) is 0. The smallest absolute Gasteiger partial charge is 0.232 e. The van der Waals surface area contributed by atoms with Crippen molar-refractivity contribution in [3.8, 4) is 0 Å². The van der Waals surface area contributed by atoms with E-state index in [0.29, 0.717) is 11.9 Å². The molecule has 1 fully saturated rings. The van der Waals surface area contributed by atoms with E-state index in [-0.39, 0.29) is 0 Å². The minimum Gasteiger partial charge on any atom is -0.704 e. The maximum Gasteiger partial charge on any atom is 0.232 e. The molecule has 0 spiro atoms. The highest BCUT2D eigenvalue weighted by molar-refractivity contribution is 8.73. The number of aromatic nitrogens is 4. The molecule has 0 bridgehead atoms. The van der Waals surface area contributed by atoms with Gasteiger partial charge in [0.1, 0.15) is 0 Å². The van der Waals surface area contributed by atoms with Crippen molar-refractivity contribution in [1.29, 1.82) is 0 Å². The van der Waals surface area contributed by atoms with Crippen LogP contribution in [0.5, 0.6) is 0 Å². The minimum absolute atomic E-state index is 0.399. The lowest BCUT2D eigenvalue weighted by molar-refractivity contribution is 1.11. The van der Waals surface area contributed by atoms with Gasteiger partial charge in [-0.25, -0.2) is 19.9 Å². The normalized spacial score (nSPS) is 29.1. The summed E-state index contributed by atoms with van der Waals surface area (Å²) in [5.74, 6) is 0.799. The second-order valence-corrected chi connectivity index (χ2v) is 15.3. The number of rotatable bonds is 2. The Morgan fingerprint density at radius 1 is 0.750 bits per heavy atom. The first kappa shape index (κ1) is 14.7. The molecule has 6 nitrogen and oxygen atoms in total. The highest BCUT2D eigenvalue weighted by Crippen LogP contribution is 2.84. The van der Waals surface area contributed by atoms with Crippen LogP contribution < -0.4 is 8.88 Å². The van der Waals surface area contributed by atoms with Crippen LogP contribution in [0.25, 0.3) is 0 Å². The van der Waals surface area contributed by atoms with Crippen LogP contribution in [0, 0.1) is 0 Å². The fourth-order valence-electron chi connectivity index (χ4n) is 1.66. The van der Waals surface area contributed by atoms with Crippen LogP contribution in [0.3, 0.4) is 0 Å². The van der Waals surface area contributed by atoms with E-state index in [4.69, 9.17) is 48.1 Å². The van der Waals surface area contributed by atoms with Gasteiger partial charge in [0.15, 0.2) is 0 Å². The molecular weight excluding hydrogens is 370 g/mol. The molecule has 3 rings (SSSR count). The van der Waals surface area contributed by atoms with Crippen molar-refractivity contribution in [3.63, 3.8) is 0 Å². The average molecular weight is 376 g/mol. The summed E-state index contributed by atoms with van der Waals surface area (Å²) in [5, 5.41) is 0. The van der Waals surface area contributed by atoms with E-state index < -0.39 is 11.1 Å². The van der Waals surface area contributed by atoms with E-state index >= 15 is 0 Å². The van der Waals surface area contributed by atoms with Crippen LogP contribution in [-0.4, -0.2) is 19.9 Å². The Morgan fingerprint density at radius 3 is 1.35 bits per heavy atom. The van der Waals surface area contributed by atoms with Gasteiger partial charge in [-0.2, -0.15) is 0 Å². The van der Waals surface area contributed by atoms with Gasteiger partial charge < -0.3 is 24.5 Å². The number of anilines is 2. The van der Waals surface area contributed by atoms with Gasteiger partial charge in [0.05, 0.1) is 0 Å². The van der Waals surface area contributed by atoms with E-state index in [1.165, 1.54) is 0 Å². The highest BCUT2D eigenvalue weighted by atomic mass is 32.9. The zero-order valence-electron chi connectivity index (χ0n) is 9.67. The predicted molar refractivity (Wildman–Crippen MR) is 92.3 cm³/mol. The molecule has 0 N–H and O–H groups in total. The van der Waals surface area contributed by atoms with Gasteiger partial charge in [-0.05, 0) is 12.1 Å². The van der Waals surface area contributed by atoms with E-state index in [9.17, 15) is 0 Å². The molecule has 1 saturated heterocycles. The summed E-state index contributed by atoms with van der Waals surface area (Å²) in [7, 11) is 0. The molecule has 0 amide bonds. The zero-order valence-corrected chi connectivity index (χ0v) is 14.7. The Bertz CT molecular complexity index is 649. The zero-order chi connectivity index (χ0) is 14.4. The molecule has 3 heterocycles. The van der Waals surface area contributed by atoms with Gasteiger partial charge in [0.25, 0.3) is 0 Å². The Kier molecular flexibility index (Phi) is 3.81. The third kappa shape index (κ3) is 2.19. The van der Waals surface area contributed by atoms with Crippen molar-refractivity contribution in [2.75, 3.05) is 8.88 Å². The van der Waals surface area contributed by atoms with Crippen molar-refractivity contribution in [2.24, 2.45) is 0 Å². The topological polar surface area (TPSA) is 58.0 Å². The fraction of sp³-hybridized carbons (Fsp3) is 0. The Labute approximate surface area is 136 Å². The predicted octanol–water partition coefficient (Wildman–Crippen LogP) is 2.14. The van der Waals surface area contributed by atoms with Gasteiger partial charge in [0.2, 0.25) is 11.9 Å². The van der Waals surface area contributed by atoms with Crippen LogP contribution in [0.2, 0.25) is 0 Å². The maximum absolute atomic E-state index is 5.54. The molecule has 20 heavy (non-hydrogen) atoms. The van der Waals surface area contributed by atoms with E-state index in [1.807, 2.05) is 0 Å². The Balaban J connectivity index is 2.07. The molecular formula is C8H6N6P2S4-2. The van der Waals surface area contributed by atoms with Gasteiger partial charge in [-0.1, -0.05) is 23.6 Å². The van der Waals surface area contributed by atoms with Crippen molar-refractivity contribution < 1.29 is 0 Å². The van der Waals surface area contributed by atoms with Crippen LogP contribution in [0.4, 0.5) is 11.9 Å². The van der Waals surface area contributed by atoms with Gasteiger partial charge >= 0.3 is 0 Å². The van der Waals surface area contributed by atoms with E-state index in [0.717, 1.165) is 0 Å². The third-order valence-electron chi connectivity index (χ3n) is 2.42. The number of hydrogen-bond donors (Lipinski definition) is 0. The number of hydrogen-bond acceptors (Lipinski definition) is 8. The van der Waals surface area contributed by atoms with E-state index in [2.05, 4.69) is 19.9 Å². The summed E-state index contributed by atoms with van der Waals surface area (Å²) in [4.78, 5) is 16.6. The first-order valence-electron chi connectivity index (χ1n) is 5.24. The lowest BCUT2D eigenvalue weighted by Crippen LogP contribution is -2.42. The first-order valence-corrected chi connectivity index (χ1v) is 12.7.